The Hall–Kier alpha value is -9.02. The Labute approximate surface area is 804 Å². The van der Waals surface area contributed by atoms with Crippen LogP contribution >= 0.6 is 40.4 Å². The SMILES string of the molecule is [Ge][I].[Ge][I].c1cc[c]([Ge]([c]2ccccc2)[c]2ccccc2)cc1.c1cc[c]([Ge]([c]2ccccc2)[c]2ccccc2)cc1.c1cc[c]([Ge]([c]2ccccc2)[c]2ccccc2)cc1.c1cc[c]([Ge]([c]2ccccc2)[c]2ccccc2)cc1.c1cc[c]([Ge]([c]2ccccc2)[c]2ccccc2)cc1.c1cc[c]([Ge]([c]2ccccc2)[c]2ccccc2)cc1.c1ccccc1. The van der Waals surface area contributed by atoms with Crippen LogP contribution in [0.15, 0.2) is 582 Å². The van der Waals surface area contributed by atoms with E-state index in [2.05, 4.69) is 586 Å². The molecule has 0 nitrogen and oxygen atoms in total. The molecule has 0 atom stereocenters. The van der Waals surface area contributed by atoms with Crippen molar-refractivity contribution < 1.29 is 0 Å². The molecule has 10 heteroatoms. The number of hydrogen-bond donors (Lipinski definition) is 0. The van der Waals surface area contributed by atoms with Crippen LogP contribution in [-0.2, 0) is 0 Å². The maximum absolute atomic E-state index is 2.27. The smallest absolute Gasteiger partial charge is 0.0623 e. The molecule has 0 spiro atoms. The molecule has 0 heterocycles. The zero-order valence-corrected chi connectivity index (χ0v) is 90.3. The van der Waals surface area contributed by atoms with Crippen molar-refractivity contribution in [1.29, 1.82) is 0 Å². The summed E-state index contributed by atoms with van der Waals surface area (Å²) in [7, 11) is 0. The first-order valence-corrected chi connectivity index (χ1v) is 72.9. The summed E-state index contributed by atoms with van der Waals surface area (Å²) in [5, 5.41) is 0. The van der Waals surface area contributed by atoms with Gasteiger partial charge in [-0.05, 0) is 0 Å². The molecule has 124 heavy (non-hydrogen) atoms. The minimum Gasteiger partial charge on any atom is -0.0623 e. The first kappa shape index (κ1) is 95.6. The van der Waals surface area contributed by atoms with E-state index in [1.165, 1.54) is 79.1 Å². The zero-order valence-electron chi connectivity index (χ0n) is 69.2. The van der Waals surface area contributed by atoms with Crippen LogP contribution < -0.4 is 79.1 Å². The van der Waals surface area contributed by atoms with Crippen molar-refractivity contribution in [2.75, 3.05) is 0 Å². The summed E-state index contributed by atoms with van der Waals surface area (Å²) >= 11 is -1.55. The van der Waals surface area contributed by atoms with E-state index in [1.807, 2.05) is 62.8 Å². The van der Waals surface area contributed by atoms with Gasteiger partial charge in [0.05, 0.1) is 0 Å². The third-order valence-electron chi connectivity index (χ3n) is 19.8. The molecule has 19 aromatic carbocycles. The molecule has 0 aromatic heterocycles. The van der Waals surface area contributed by atoms with Gasteiger partial charge in [0.15, 0.2) is 0 Å². The van der Waals surface area contributed by atoms with Crippen LogP contribution in [0.4, 0.5) is 0 Å². The van der Waals surface area contributed by atoms with E-state index < -0.39 is 86.1 Å². The Morgan fingerprint density at radius 2 is 0.121 bits per heavy atom. The van der Waals surface area contributed by atoms with Crippen LogP contribution in [0, 0.1) is 0 Å². The van der Waals surface area contributed by atoms with Gasteiger partial charge in [-0.3, -0.25) is 0 Å². The summed E-state index contributed by atoms with van der Waals surface area (Å²) < 4.78 is 27.0. The second kappa shape index (κ2) is 57.6. The van der Waals surface area contributed by atoms with E-state index >= 15 is 0 Å². The average molecular weight is 2300 g/mol. The molecule has 0 bridgehead atoms. The fourth-order valence-electron chi connectivity index (χ4n) is 14.3. The van der Waals surface area contributed by atoms with Gasteiger partial charge in [-0.1, -0.05) is 36.4 Å². The molecule has 0 aliphatic carbocycles. The van der Waals surface area contributed by atoms with Crippen molar-refractivity contribution in [2.24, 2.45) is 0 Å². The normalized spacial score (nSPS) is 10.2. The van der Waals surface area contributed by atoms with Gasteiger partial charge in [-0.15, -0.1) is 0 Å². The van der Waals surface area contributed by atoms with Gasteiger partial charge < -0.3 is 0 Å². The van der Waals surface area contributed by atoms with E-state index in [1.54, 1.807) is 0 Å². The van der Waals surface area contributed by atoms with E-state index in [-0.39, 0.29) is 0 Å². The van der Waals surface area contributed by atoms with Gasteiger partial charge in [0.2, 0.25) is 0 Å². The molecule has 0 amide bonds. The maximum Gasteiger partial charge on any atom is -0.0623 e. The van der Waals surface area contributed by atoms with Crippen LogP contribution in [0.25, 0.3) is 0 Å². The Balaban J connectivity index is 0.000000142. The van der Waals surface area contributed by atoms with Gasteiger partial charge in [0.25, 0.3) is 0 Å². The number of benzene rings is 19. The molecule has 598 valence electrons. The number of hydrogen-bond acceptors (Lipinski definition) is 0. The van der Waals surface area contributed by atoms with Crippen LogP contribution in [0.5, 0.6) is 0 Å². The van der Waals surface area contributed by atoms with Crippen LogP contribution in [0.1, 0.15) is 0 Å². The molecule has 19 aromatic rings. The number of rotatable bonds is 18. The standard InChI is InChI=1S/6C18H15Ge.C6H6.2GeI/c6*1-4-10-16(11-5-1)19(17-12-6-2-7-13-17)18-14-8-3-9-15-18;1-2-4-6-5-3-1;2*1-2/h6*1-15H;1-6H;;. The summed E-state index contributed by atoms with van der Waals surface area (Å²) in [6, 6.07) is 209. The first-order chi connectivity index (χ1) is 61.7. The van der Waals surface area contributed by atoms with E-state index in [0.29, 0.717) is 0 Å². The summed E-state index contributed by atoms with van der Waals surface area (Å²) in [6.07, 6.45) is 0. The molecule has 0 N–H and O–H groups in total. The van der Waals surface area contributed by atoms with Crippen molar-refractivity contribution in [3.63, 3.8) is 0 Å². The summed E-state index contributed by atoms with van der Waals surface area (Å²) in [5.41, 5.74) is 0. The molecule has 0 saturated carbocycles. The largest absolute Gasteiger partial charge is 0.0623 e. The molecule has 0 saturated heterocycles. The second-order valence-electron chi connectivity index (χ2n) is 28.0. The zero-order chi connectivity index (χ0) is 85.7. The molecule has 0 unspecified atom stereocenters. The molecule has 0 aliphatic rings. The van der Waals surface area contributed by atoms with E-state index in [9.17, 15) is 0 Å². The minimum absolute atomic E-state index is 1.50. The second-order valence-corrected chi connectivity index (χ2v) is 59.2. The van der Waals surface area contributed by atoms with Gasteiger partial charge in [-0.25, -0.2) is 0 Å². The monoisotopic (exact) mass is 2310 g/mol. The van der Waals surface area contributed by atoms with Crippen molar-refractivity contribution in [3.8, 4) is 0 Å². The minimum atomic E-state index is -1.63. The Morgan fingerprint density at radius 3 is 0.169 bits per heavy atom. The van der Waals surface area contributed by atoms with Crippen LogP contribution in [-0.4, -0.2) is 113 Å². The van der Waals surface area contributed by atoms with Crippen molar-refractivity contribution >= 4 is 232 Å². The molecular formula is C114H96Ge8I2. The van der Waals surface area contributed by atoms with Gasteiger partial charge in [0.1, 0.15) is 0 Å². The molecular weight excluding hydrogens is 2200 g/mol. The van der Waals surface area contributed by atoms with Gasteiger partial charge in [-0.2, -0.15) is 0 Å². The Bertz CT molecular complexity index is 4340. The van der Waals surface area contributed by atoms with Crippen molar-refractivity contribution in [1.82, 2.24) is 0 Å². The Morgan fingerprint density at radius 1 is 0.0806 bits per heavy atom. The van der Waals surface area contributed by atoms with Gasteiger partial charge >= 0.3 is 778 Å². The predicted molar refractivity (Wildman–Crippen MR) is 570 cm³/mol. The molecule has 0 aliphatic heterocycles. The summed E-state index contributed by atoms with van der Waals surface area (Å²) in [4.78, 5) is 0. The fourth-order valence-corrected chi connectivity index (χ4v) is 46.7. The van der Waals surface area contributed by atoms with Crippen molar-refractivity contribution in [2.45, 2.75) is 0 Å². The van der Waals surface area contributed by atoms with Crippen LogP contribution in [0.2, 0.25) is 0 Å². The first-order valence-electron chi connectivity index (χ1n) is 41.3. The van der Waals surface area contributed by atoms with E-state index in [4.69, 9.17) is 0 Å². The Kier molecular flexibility index (Phi) is 44.4. The topological polar surface area (TPSA) is 0 Å². The predicted octanol–water partition coefficient (Wildman–Crippen LogP) is 15.9. The van der Waals surface area contributed by atoms with Crippen molar-refractivity contribution in [3.05, 3.63) is 582 Å². The fraction of sp³-hybridized carbons (Fsp3) is 0. The molecule has 12 radical (unpaired) electrons. The number of halogens is 2. The van der Waals surface area contributed by atoms with Gasteiger partial charge in [0, 0.05) is 0 Å². The third kappa shape index (κ3) is 31.2. The quantitative estimate of drug-likeness (QED) is 0.0593. The third-order valence-corrected chi connectivity index (χ3v) is 54.2. The maximum atomic E-state index is 2.27. The molecule has 0 fully saturated rings. The summed E-state index contributed by atoms with van der Waals surface area (Å²) in [6.45, 7) is 0. The van der Waals surface area contributed by atoms with E-state index in [0.717, 1.165) is 0 Å². The van der Waals surface area contributed by atoms with Crippen LogP contribution in [0.3, 0.4) is 0 Å². The molecule has 19 rings (SSSR count). The summed E-state index contributed by atoms with van der Waals surface area (Å²) in [5.74, 6) is 0. The average Bonchev–Trinajstić information content (AvgIpc) is 0.851.